The molecule has 0 amide bonds. The molecule has 2 aromatic heterocycles. The summed E-state index contributed by atoms with van der Waals surface area (Å²) in [6.07, 6.45) is 1.56. The van der Waals surface area contributed by atoms with Gasteiger partial charge in [-0.1, -0.05) is 35.9 Å². The maximum atomic E-state index is 4.41. The van der Waals surface area contributed by atoms with Crippen molar-refractivity contribution in [3.8, 4) is 0 Å². The van der Waals surface area contributed by atoms with Crippen LogP contribution in [0.5, 0.6) is 0 Å². The summed E-state index contributed by atoms with van der Waals surface area (Å²) in [7, 11) is 0. The van der Waals surface area contributed by atoms with Gasteiger partial charge >= 0.3 is 0 Å². The van der Waals surface area contributed by atoms with E-state index in [2.05, 4.69) is 44.5 Å². The minimum Gasteiger partial charge on any atom is -0.338 e. The van der Waals surface area contributed by atoms with E-state index < -0.39 is 0 Å². The molecule has 112 valence electrons. The van der Waals surface area contributed by atoms with E-state index in [9.17, 15) is 0 Å². The van der Waals surface area contributed by atoms with Gasteiger partial charge < -0.3 is 5.32 Å². The van der Waals surface area contributed by atoms with Crippen molar-refractivity contribution in [2.45, 2.75) is 13.8 Å². The second-order valence-electron chi connectivity index (χ2n) is 5.58. The fourth-order valence-corrected chi connectivity index (χ4v) is 2.62. The van der Waals surface area contributed by atoms with E-state index in [0.29, 0.717) is 11.3 Å². The Hall–Kier alpha value is -3.08. The molecule has 0 aliphatic carbocycles. The zero-order valence-corrected chi connectivity index (χ0v) is 12.9. The van der Waals surface area contributed by atoms with Gasteiger partial charge in [-0.05, 0) is 31.5 Å². The van der Waals surface area contributed by atoms with Gasteiger partial charge in [0.05, 0.1) is 5.52 Å². The number of aryl methyl sites for hydroxylation is 2. The van der Waals surface area contributed by atoms with Crippen LogP contribution in [0.3, 0.4) is 0 Å². The lowest BCUT2D eigenvalue weighted by Gasteiger charge is -2.09. The summed E-state index contributed by atoms with van der Waals surface area (Å²) >= 11 is 0. The number of aromatic nitrogens is 4. The average molecular weight is 301 g/mol. The number of benzene rings is 2. The maximum Gasteiger partial charge on any atom is 0.162 e. The van der Waals surface area contributed by atoms with Gasteiger partial charge in [0.2, 0.25) is 0 Å². The first-order valence-electron chi connectivity index (χ1n) is 7.43. The number of hydrogen-bond acceptors (Lipinski definition) is 5. The number of rotatable bonds is 2. The topological polar surface area (TPSA) is 63.6 Å². The first-order valence-corrected chi connectivity index (χ1v) is 7.43. The van der Waals surface area contributed by atoms with Crippen molar-refractivity contribution in [3.05, 3.63) is 59.9 Å². The Labute approximate surface area is 133 Å². The monoisotopic (exact) mass is 301 g/mol. The highest BCUT2D eigenvalue weighted by atomic mass is 15.1. The summed E-state index contributed by atoms with van der Waals surface area (Å²) in [5.41, 5.74) is 5.61. The Morgan fingerprint density at radius 1 is 0.783 bits per heavy atom. The normalized spacial score (nSPS) is 11.0. The zero-order chi connectivity index (χ0) is 15.8. The molecule has 5 nitrogen and oxygen atoms in total. The lowest BCUT2D eigenvalue weighted by atomic mass is 10.1. The Bertz CT molecular complexity index is 1010. The van der Waals surface area contributed by atoms with Crippen LogP contribution in [0.2, 0.25) is 0 Å². The van der Waals surface area contributed by atoms with Crippen LogP contribution in [-0.4, -0.2) is 20.2 Å². The van der Waals surface area contributed by atoms with E-state index in [1.807, 2.05) is 37.3 Å². The number of fused-ring (bicyclic) bond motifs is 3. The molecule has 2 heterocycles. The molecule has 0 fully saturated rings. The van der Waals surface area contributed by atoms with Crippen LogP contribution in [0.1, 0.15) is 11.1 Å². The van der Waals surface area contributed by atoms with Gasteiger partial charge in [-0.15, -0.1) is 10.2 Å². The van der Waals surface area contributed by atoms with Gasteiger partial charge in [0.25, 0.3) is 0 Å². The van der Waals surface area contributed by atoms with Gasteiger partial charge in [-0.3, -0.25) is 0 Å². The molecule has 0 saturated carbocycles. The predicted octanol–water partition coefficient (Wildman–Crippen LogP) is 3.93. The van der Waals surface area contributed by atoms with Crippen molar-refractivity contribution in [3.63, 3.8) is 0 Å². The highest BCUT2D eigenvalue weighted by molar-refractivity contribution is 6.05. The molecule has 0 unspecified atom stereocenters. The van der Waals surface area contributed by atoms with Crippen molar-refractivity contribution in [1.29, 1.82) is 0 Å². The quantitative estimate of drug-likeness (QED) is 0.568. The Morgan fingerprint density at radius 2 is 1.57 bits per heavy atom. The number of nitrogens with one attached hydrogen (secondary N) is 1. The third-order valence-electron chi connectivity index (χ3n) is 3.88. The molecule has 0 aliphatic heterocycles. The fourth-order valence-electron chi connectivity index (χ4n) is 2.62. The number of nitrogens with zero attached hydrogens (tertiary/aromatic N) is 4. The van der Waals surface area contributed by atoms with E-state index >= 15 is 0 Å². The van der Waals surface area contributed by atoms with Gasteiger partial charge in [0, 0.05) is 11.1 Å². The summed E-state index contributed by atoms with van der Waals surface area (Å²) in [5.74, 6) is 0.662. The molecule has 0 aliphatic rings. The second kappa shape index (κ2) is 5.28. The average Bonchev–Trinajstić information content (AvgIpc) is 2.57. The third kappa shape index (κ3) is 2.36. The van der Waals surface area contributed by atoms with Gasteiger partial charge in [-0.2, -0.15) is 0 Å². The second-order valence-corrected chi connectivity index (χ2v) is 5.58. The van der Waals surface area contributed by atoms with Crippen LogP contribution in [-0.2, 0) is 0 Å². The molecule has 0 bridgehead atoms. The Morgan fingerprint density at radius 3 is 2.39 bits per heavy atom. The molecule has 2 aromatic carbocycles. The molecule has 23 heavy (non-hydrogen) atoms. The first-order chi connectivity index (χ1) is 11.2. The van der Waals surface area contributed by atoms with Gasteiger partial charge in [0.15, 0.2) is 11.3 Å². The van der Waals surface area contributed by atoms with E-state index in [1.54, 1.807) is 6.33 Å². The van der Waals surface area contributed by atoms with Crippen LogP contribution in [0, 0.1) is 13.8 Å². The standard InChI is InChI=1S/C18H15N5/c1-11-6-8-13(9-7-11)21-18-17-16(19-10-20-18)14-5-3-4-12(2)15(14)22-23-17/h3-10H,1-2H3,(H,19,20,21). The summed E-state index contributed by atoms with van der Waals surface area (Å²) in [4.78, 5) is 8.74. The summed E-state index contributed by atoms with van der Waals surface area (Å²) in [6.45, 7) is 4.08. The summed E-state index contributed by atoms with van der Waals surface area (Å²) in [6, 6.07) is 14.2. The maximum absolute atomic E-state index is 4.41. The predicted molar refractivity (Wildman–Crippen MR) is 91.8 cm³/mol. The van der Waals surface area contributed by atoms with E-state index in [-0.39, 0.29) is 0 Å². The van der Waals surface area contributed by atoms with Crippen molar-refractivity contribution < 1.29 is 0 Å². The van der Waals surface area contributed by atoms with Crippen molar-refractivity contribution >= 4 is 33.4 Å². The molecule has 5 heteroatoms. The number of hydrogen-bond donors (Lipinski definition) is 1. The Kier molecular flexibility index (Phi) is 3.12. The van der Waals surface area contributed by atoms with E-state index in [1.165, 1.54) is 5.56 Å². The fraction of sp³-hybridized carbons (Fsp3) is 0.111. The minimum atomic E-state index is 0.662. The molecular weight excluding hydrogens is 286 g/mol. The lowest BCUT2D eigenvalue weighted by Crippen LogP contribution is -2.00. The molecule has 4 rings (SSSR count). The van der Waals surface area contributed by atoms with E-state index in [0.717, 1.165) is 27.7 Å². The van der Waals surface area contributed by atoms with Crippen LogP contribution < -0.4 is 5.32 Å². The van der Waals surface area contributed by atoms with Gasteiger partial charge in [-0.25, -0.2) is 9.97 Å². The number of anilines is 2. The smallest absolute Gasteiger partial charge is 0.162 e. The third-order valence-corrected chi connectivity index (χ3v) is 3.88. The lowest BCUT2D eigenvalue weighted by molar-refractivity contribution is 1.09. The summed E-state index contributed by atoms with van der Waals surface area (Å²) in [5, 5.41) is 13.0. The van der Waals surface area contributed by atoms with E-state index in [4.69, 9.17) is 0 Å². The van der Waals surface area contributed by atoms with Crippen LogP contribution >= 0.6 is 0 Å². The zero-order valence-electron chi connectivity index (χ0n) is 12.9. The minimum absolute atomic E-state index is 0.662. The molecule has 1 N–H and O–H groups in total. The van der Waals surface area contributed by atoms with Crippen molar-refractivity contribution in [1.82, 2.24) is 20.2 Å². The Balaban J connectivity index is 1.89. The SMILES string of the molecule is Cc1ccc(Nc2ncnc3c2nnc2c(C)cccc23)cc1. The van der Waals surface area contributed by atoms with Crippen LogP contribution in [0.15, 0.2) is 48.8 Å². The molecule has 0 atom stereocenters. The molecular formula is C18H15N5. The van der Waals surface area contributed by atoms with Crippen molar-refractivity contribution in [2.24, 2.45) is 0 Å². The van der Waals surface area contributed by atoms with Crippen LogP contribution in [0.25, 0.3) is 21.9 Å². The highest BCUT2D eigenvalue weighted by Crippen LogP contribution is 2.26. The largest absolute Gasteiger partial charge is 0.338 e. The van der Waals surface area contributed by atoms with Gasteiger partial charge in [0.1, 0.15) is 11.8 Å². The molecule has 0 saturated heterocycles. The summed E-state index contributed by atoms with van der Waals surface area (Å²) < 4.78 is 0. The van der Waals surface area contributed by atoms with Crippen molar-refractivity contribution in [2.75, 3.05) is 5.32 Å². The van der Waals surface area contributed by atoms with Crippen LogP contribution in [0.4, 0.5) is 11.5 Å². The molecule has 4 aromatic rings. The first kappa shape index (κ1) is 13.6. The molecule has 0 radical (unpaired) electrons. The molecule has 0 spiro atoms. The highest BCUT2D eigenvalue weighted by Gasteiger charge is 2.11.